The van der Waals surface area contributed by atoms with E-state index < -0.39 is 0 Å². The van der Waals surface area contributed by atoms with Crippen molar-refractivity contribution < 1.29 is 14.3 Å². The van der Waals surface area contributed by atoms with E-state index in [-0.39, 0.29) is 12.1 Å². The smallest absolute Gasteiger partial charge is 0.341 e. The number of carbonyl (C=O) groups is 1. The molecule has 5 nitrogen and oxygen atoms in total. The van der Waals surface area contributed by atoms with Crippen LogP contribution < -0.4 is 0 Å². The van der Waals surface area contributed by atoms with E-state index in [2.05, 4.69) is 9.97 Å². The van der Waals surface area contributed by atoms with Gasteiger partial charge in [0.15, 0.2) is 5.82 Å². The van der Waals surface area contributed by atoms with Gasteiger partial charge in [-0.15, -0.1) is 0 Å². The molecule has 5 heteroatoms. The van der Waals surface area contributed by atoms with E-state index >= 15 is 0 Å². The van der Waals surface area contributed by atoms with Gasteiger partial charge < -0.3 is 9.47 Å². The van der Waals surface area contributed by atoms with Crippen molar-refractivity contribution in [2.75, 3.05) is 13.7 Å². The molecule has 1 unspecified atom stereocenters. The fraction of sp³-hybridized carbons (Fsp3) is 0.615. The van der Waals surface area contributed by atoms with Crippen molar-refractivity contribution in [3.8, 4) is 0 Å². The van der Waals surface area contributed by atoms with E-state index in [1.807, 2.05) is 0 Å². The Balaban J connectivity index is 2.20. The Bertz CT molecular complexity index is 444. The first-order valence-corrected chi connectivity index (χ1v) is 6.20. The second kappa shape index (κ2) is 5.44. The summed E-state index contributed by atoms with van der Waals surface area (Å²) in [4.78, 5) is 20.2. The third kappa shape index (κ3) is 2.67. The van der Waals surface area contributed by atoms with Crippen LogP contribution in [-0.4, -0.2) is 29.7 Å². The Hall–Kier alpha value is -1.49. The van der Waals surface area contributed by atoms with Gasteiger partial charge in [-0.2, -0.15) is 0 Å². The molecule has 0 aliphatic heterocycles. The first-order valence-electron chi connectivity index (χ1n) is 6.20. The molecule has 0 N–H and O–H groups in total. The molecule has 1 atom stereocenters. The summed E-state index contributed by atoms with van der Waals surface area (Å²) < 4.78 is 10.4. The molecule has 1 saturated carbocycles. The van der Waals surface area contributed by atoms with Crippen LogP contribution in [0.3, 0.4) is 0 Å². The minimum absolute atomic E-state index is 0.0556. The van der Waals surface area contributed by atoms with Crippen LogP contribution in [0.1, 0.15) is 47.7 Å². The lowest BCUT2D eigenvalue weighted by molar-refractivity contribution is 0.0522. The Morgan fingerprint density at radius 2 is 2.28 bits per heavy atom. The number of nitrogens with zero attached hydrogens (tertiary/aromatic N) is 2. The third-order valence-corrected chi connectivity index (χ3v) is 3.05. The third-order valence-electron chi connectivity index (χ3n) is 3.05. The Kier molecular flexibility index (Phi) is 3.91. The van der Waals surface area contributed by atoms with Gasteiger partial charge in [-0.1, -0.05) is 0 Å². The van der Waals surface area contributed by atoms with E-state index in [1.54, 1.807) is 21.0 Å². The first kappa shape index (κ1) is 13.0. The normalized spacial score (nSPS) is 16.4. The monoisotopic (exact) mass is 250 g/mol. The van der Waals surface area contributed by atoms with Crippen molar-refractivity contribution in [3.63, 3.8) is 0 Å². The molecular formula is C13H18N2O3. The Morgan fingerprint density at radius 1 is 1.56 bits per heavy atom. The highest BCUT2D eigenvalue weighted by Crippen LogP contribution is 2.41. The van der Waals surface area contributed by atoms with E-state index in [0.717, 1.165) is 12.8 Å². The SMILES string of the molecule is CCOC(=O)c1cnc(C(OC)C2CC2)nc1C. The average Bonchev–Trinajstić information content (AvgIpc) is 3.15. The molecule has 0 radical (unpaired) electrons. The Morgan fingerprint density at radius 3 is 2.78 bits per heavy atom. The summed E-state index contributed by atoms with van der Waals surface area (Å²) in [7, 11) is 1.67. The highest BCUT2D eigenvalue weighted by molar-refractivity contribution is 5.90. The topological polar surface area (TPSA) is 61.3 Å². The van der Waals surface area contributed by atoms with Crippen molar-refractivity contribution in [3.05, 3.63) is 23.3 Å². The van der Waals surface area contributed by atoms with E-state index in [9.17, 15) is 4.79 Å². The van der Waals surface area contributed by atoms with Gasteiger partial charge in [-0.3, -0.25) is 0 Å². The zero-order valence-electron chi connectivity index (χ0n) is 11.0. The minimum atomic E-state index is -0.373. The molecule has 0 spiro atoms. The summed E-state index contributed by atoms with van der Waals surface area (Å²) in [6.45, 7) is 3.91. The summed E-state index contributed by atoms with van der Waals surface area (Å²) >= 11 is 0. The molecule has 1 aliphatic carbocycles. The number of esters is 1. The number of rotatable bonds is 5. The second-order valence-electron chi connectivity index (χ2n) is 4.44. The maximum Gasteiger partial charge on any atom is 0.341 e. The fourth-order valence-electron chi connectivity index (χ4n) is 1.94. The standard InChI is InChI=1S/C13H18N2O3/c1-4-18-13(16)10-7-14-12(15-8(10)2)11(17-3)9-5-6-9/h7,9,11H,4-6H2,1-3H3. The molecule has 1 aromatic rings. The molecule has 18 heavy (non-hydrogen) atoms. The number of hydrogen-bond donors (Lipinski definition) is 0. The van der Waals surface area contributed by atoms with Gasteiger partial charge in [0.25, 0.3) is 0 Å². The summed E-state index contributed by atoms with van der Waals surface area (Å²) in [6, 6.07) is 0. The van der Waals surface area contributed by atoms with Gasteiger partial charge in [0.1, 0.15) is 6.10 Å². The number of aryl methyl sites for hydroxylation is 1. The van der Waals surface area contributed by atoms with Gasteiger partial charge in [-0.25, -0.2) is 14.8 Å². The number of aromatic nitrogens is 2. The van der Waals surface area contributed by atoms with Crippen LogP contribution >= 0.6 is 0 Å². The maximum atomic E-state index is 11.6. The van der Waals surface area contributed by atoms with Crippen LogP contribution in [0.2, 0.25) is 0 Å². The van der Waals surface area contributed by atoms with E-state index in [4.69, 9.17) is 9.47 Å². The molecule has 2 rings (SSSR count). The second-order valence-corrected chi connectivity index (χ2v) is 4.44. The average molecular weight is 250 g/mol. The van der Waals surface area contributed by atoms with Gasteiger partial charge in [0.05, 0.1) is 17.9 Å². The van der Waals surface area contributed by atoms with Crippen LogP contribution in [-0.2, 0) is 9.47 Å². The van der Waals surface area contributed by atoms with Crippen molar-refractivity contribution in [2.24, 2.45) is 5.92 Å². The van der Waals surface area contributed by atoms with Crippen LogP contribution in [0.15, 0.2) is 6.20 Å². The van der Waals surface area contributed by atoms with Gasteiger partial charge in [0, 0.05) is 13.3 Å². The summed E-state index contributed by atoms with van der Waals surface area (Å²) in [6.07, 6.45) is 3.78. The number of methoxy groups -OCH3 is 1. The minimum Gasteiger partial charge on any atom is -0.462 e. The molecule has 1 aromatic heterocycles. The van der Waals surface area contributed by atoms with Crippen LogP contribution in [0.5, 0.6) is 0 Å². The molecule has 0 bridgehead atoms. The number of ether oxygens (including phenoxy) is 2. The van der Waals surface area contributed by atoms with Crippen molar-refractivity contribution in [1.29, 1.82) is 0 Å². The van der Waals surface area contributed by atoms with Gasteiger partial charge >= 0.3 is 5.97 Å². The van der Waals surface area contributed by atoms with Crippen molar-refractivity contribution in [2.45, 2.75) is 32.8 Å². The highest BCUT2D eigenvalue weighted by atomic mass is 16.5. The predicted molar refractivity (Wildman–Crippen MR) is 65.2 cm³/mol. The zero-order chi connectivity index (χ0) is 13.1. The van der Waals surface area contributed by atoms with E-state index in [0.29, 0.717) is 29.6 Å². The van der Waals surface area contributed by atoms with Gasteiger partial charge in [-0.05, 0) is 32.6 Å². The van der Waals surface area contributed by atoms with Crippen molar-refractivity contribution >= 4 is 5.97 Å². The Labute approximate surface area is 107 Å². The molecular weight excluding hydrogens is 232 g/mol. The largest absolute Gasteiger partial charge is 0.462 e. The lowest BCUT2D eigenvalue weighted by Crippen LogP contribution is -2.14. The quantitative estimate of drug-likeness (QED) is 0.748. The highest BCUT2D eigenvalue weighted by Gasteiger charge is 2.34. The molecule has 1 aliphatic rings. The van der Waals surface area contributed by atoms with E-state index in [1.165, 1.54) is 6.20 Å². The zero-order valence-corrected chi connectivity index (χ0v) is 11.0. The lowest BCUT2D eigenvalue weighted by atomic mass is 10.2. The maximum absolute atomic E-state index is 11.6. The fourth-order valence-corrected chi connectivity index (χ4v) is 1.94. The summed E-state index contributed by atoms with van der Waals surface area (Å²) in [5.41, 5.74) is 1.06. The van der Waals surface area contributed by atoms with Crippen molar-refractivity contribution in [1.82, 2.24) is 9.97 Å². The van der Waals surface area contributed by atoms with Crippen LogP contribution in [0, 0.1) is 12.8 Å². The number of hydrogen-bond acceptors (Lipinski definition) is 5. The summed E-state index contributed by atoms with van der Waals surface area (Å²) in [5, 5.41) is 0. The molecule has 0 amide bonds. The summed E-state index contributed by atoms with van der Waals surface area (Å²) in [5.74, 6) is 0.801. The van der Waals surface area contributed by atoms with Crippen LogP contribution in [0.25, 0.3) is 0 Å². The predicted octanol–water partition coefficient (Wildman–Crippen LogP) is 2.06. The molecule has 98 valence electrons. The first-order chi connectivity index (χ1) is 8.67. The molecule has 1 heterocycles. The molecule has 1 fully saturated rings. The lowest BCUT2D eigenvalue weighted by Gasteiger charge is -2.14. The van der Waals surface area contributed by atoms with Crippen LogP contribution in [0.4, 0.5) is 0 Å². The molecule has 0 aromatic carbocycles. The van der Waals surface area contributed by atoms with Gasteiger partial charge in [0.2, 0.25) is 0 Å². The number of carbonyl (C=O) groups excluding carboxylic acids is 1. The molecule has 0 saturated heterocycles.